The molecule has 0 N–H and O–H groups in total. The van der Waals surface area contributed by atoms with Crippen LogP contribution in [0.25, 0.3) is 11.1 Å². The molecule has 2 aromatic rings. The van der Waals surface area contributed by atoms with Gasteiger partial charge in [-0.3, -0.25) is 0 Å². The lowest BCUT2D eigenvalue weighted by molar-refractivity contribution is 0.218. The average Bonchev–Trinajstić information content (AvgIpc) is 2.85. The van der Waals surface area contributed by atoms with E-state index >= 15 is 0 Å². The lowest BCUT2D eigenvalue weighted by Gasteiger charge is -2.15. The summed E-state index contributed by atoms with van der Waals surface area (Å²) in [5, 5.41) is 0. The predicted molar refractivity (Wildman–Crippen MR) is 147 cm³/mol. The first-order valence-corrected chi connectivity index (χ1v) is 12.9. The highest BCUT2D eigenvalue weighted by Crippen LogP contribution is 2.32. The first-order chi connectivity index (χ1) is 17.1. The Morgan fingerprint density at radius 1 is 0.743 bits per heavy atom. The predicted octanol–water partition coefficient (Wildman–Crippen LogP) is 7.81. The number of hydrogen-bond donors (Lipinski definition) is 0. The molecule has 2 aromatic carbocycles. The number of unbranched alkanes of at least 4 members (excludes halogenated alkanes) is 4. The number of aryl methyl sites for hydroxylation is 1. The van der Waals surface area contributed by atoms with Gasteiger partial charge < -0.3 is 18.9 Å². The number of methoxy groups -OCH3 is 2. The van der Waals surface area contributed by atoms with E-state index in [0.717, 1.165) is 47.5 Å². The number of rotatable bonds is 19. The average molecular weight is 481 g/mol. The number of hydrogen-bond acceptors (Lipinski definition) is 4. The second-order valence-corrected chi connectivity index (χ2v) is 9.07. The fourth-order valence-electron chi connectivity index (χ4n) is 3.98. The molecule has 4 nitrogen and oxygen atoms in total. The summed E-state index contributed by atoms with van der Waals surface area (Å²) in [5.74, 6) is 1.74. The third-order valence-corrected chi connectivity index (χ3v) is 5.92. The van der Waals surface area contributed by atoms with Crippen LogP contribution in [-0.2, 0) is 15.9 Å². The molecule has 4 heteroatoms. The van der Waals surface area contributed by atoms with Gasteiger partial charge in [0.15, 0.2) is 0 Å². The zero-order chi connectivity index (χ0) is 25.3. The van der Waals surface area contributed by atoms with Crippen molar-refractivity contribution in [3.8, 4) is 22.6 Å². The normalized spacial score (nSPS) is 10.8. The van der Waals surface area contributed by atoms with Crippen LogP contribution in [0.2, 0.25) is 0 Å². The molecule has 0 aliphatic carbocycles. The van der Waals surface area contributed by atoms with Gasteiger partial charge in [-0.1, -0.05) is 64.0 Å². The van der Waals surface area contributed by atoms with E-state index in [-0.39, 0.29) is 0 Å². The first kappa shape index (κ1) is 28.7. The Morgan fingerprint density at radius 2 is 1.37 bits per heavy atom. The van der Waals surface area contributed by atoms with E-state index in [1.54, 1.807) is 14.2 Å². The van der Waals surface area contributed by atoms with E-state index in [2.05, 4.69) is 56.5 Å². The fraction of sp³-hybridized carbons (Fsp3) is 0.484. The molecule has 0 bridgehead atoms. The zero-order valence-corrected chi connectivity index (χ0v) is 22.1. The quantitative estimate of drug-likeness (QED) is 0.152. The highest BCUT2D eigenvalue weighted by Gasteiger charge is 2.10. The molecule has 0 unspecified atom stereocenters. The van der Waals surface area contributed by atoms with Gasteiger partial charge in [-0.25, -0.2) is 0 Å². The Labute approximate surface area is 212 Å². The van der Waals surface area contributed by atoms with Crippen LogP contribution < -0.4 is 9.47 Å². The first-order valence-electron chi connectivity index (χ1n) is 12.9. The van der Waals surface area contributed by atoms with Crippen molar-refractivity contribution < 1.29 is 18.9 Å². The molecular weight excluding hydrogens is 436 g/mol. The molecule has 0 aliphatic rings. The van der Waals surface area contributed by atoms with Crippen LogP contribution in [0.15, 0.2) is 66.8 Å². The summed E-state index contributed by atoms with van der Waals surface area (Å²) in [6, 6.07) is 14.8. The third-order valence-electron chi connectivity index (χ3n) is 5.92. The maximum Gasteiger partial charge on any atom is 0.119 e. The summed E-state index contributed by atoms with van der Waals surface area (Å²) < 4.78 is 22.4. The van der Waals surface area contributed by atoms with Crippen LogP contribution in [0.4, 0.5) is 0 Å². The summed E-state index contributed by atoms with van der Waals surface area (Å²) in [4.78, 5) is 0. The van der Waals surface area contributed by atoms with Crippen LogP contribution >= 0.6 is 0 Å². The van der Waals surface area contributed by atoms with Gasteiger partial charge in [0.2, 0.25) is 0 Å². The van der Waals surface area contributed by atoms with Crippen molar-refractivity contribution in [3.63, 3.8) is 0 Å². The molecule has 0 radical (unpaired) electrons. The minimum absolute atomic E-state index is 0.566. The van der Waals surface area contributed by atoms with Crippen LogP contribution in [0.1, 0.15) is 57.4 Å². The minimum Gasteiger partial charge on any atom is -0.493 e. The number of ether oxygens (including phenoxy) is 4. The molecule has 192 valence electrons. The standard InChI is InChI=1S/C31H44O4/c1-6-7-8-9-10-12-27-15-16-30(35-20-18-26(3)24-33-5)22-31(27)28-13-11-14-29(21-28)34-19-17-25(2)23-32-4/h11,13-16,21-22H,2-3,6-10,12,17-20,23-24H2,1,4-5H3. The lowest BCUT2D eigenvalue weighted by Crippen LogP contribution is -2.03. The highest BCUT2D eigenvalue weighted by molar-refractivity contribution is 5.70. The molecular formula is C31H44O4. The molecule has 0 aromatic heterocycles. The molecule has 35 heavy (non-hydrogen) atoms. The van der Waals surface area contributed by atoms with Crippen molar-refractivity contribution >= 4 is 0 Å². The second kappa shape index (κ2) is 17.0. The van der Waals surface area contributed by atoms with E-state index in [4.69, 9.17) is 18.9 Å². The van der Waals surface area contributed by atoms with Crippen LogP contribution in [-0.4, -0.2) is 40.6 Å². The summed E-state index contributed by atoms with van der Waals surface area (Å²) >= 11 is 0. The molecule has 0 heterocycles. The van der Waals surface area contributed by atoms with E-state index < -0.39 is 0 Å². The zero-order valence-electron chi connectivity index (χ0n) is 22.1. The maximum absolute atomic E-state index is 6.07. The van der Waals surface area contributed by atoms with Crippen LogP contribution in [0.3, 0.4) is 0 Å². The molecule has 0 saturated carbocycles. The largest absolute Gasteiger partial charge is 0.493 e. The molecule has 0 amide bonds. The Morgan fingerprint density at radius 3 is 2.00 bits per heavy atom. The van der Waals surface area contributed by atoms with Gasteiger partial charge in [-0.15, -0.1) is 0 Å². The van der Waals surface area contributed by atoms with E-state index in [9.17, 15) is 0 Å². The van der Waals surface area contributed by atoms with Crippen molar-refractivity contribution in [3.05, 3.63) is 72.3 Å². The third kappa shape index (κ3) is 11.1. The van der Waals surface area contributed by atoms with Gasteiger partial charge in [-0.2, -0.15) is 0 Å². The monoisotopic (exact) mass is 480 g/mol. The molecule has 0 spiro atoms. The number of benzene rings is 2. The minimum atomic E-state index is 0.566. The summed E-state index contributed by atoms with van der Waals surface area (Å²) in [5.41, 5.74) is 5.78. The SMILES string of the molecule is C=C(CCOc1cccc(-c2cc(OCCC(=C)COC)ccc2CCCCCCC)c1)COC. The summed E-state index contributed by atoms with van der Waals surface area (Å²) in [7, 11) is 3.37. The Balaban J connectivity index is 2.13. The van der Waals surface area contributed by atoms with Gasteiger partial charge in [0.25, 0.3) is 0 Å². The van der Waals surface area contributed by atoms with Gasteiger partial charge in [0.05, 0.1) is 26.4 Å². The van der Waals surface area contributed by atoms with Crippen molar-refractivity contribution in [1.29, 1.82) is 0 Å². The van der Waals surface area contributed by atoms with Crippen molar-refractivity contribution in [1.82, 2.24) is 0 Å². The smallest absolute Gasteiger partial charge is 0.119 e. The molecule has 0 fully saturated rings. The van der Waals surface area contributed by atoms with E-state index in [1.165, 1.54) is 43.2 Å². The van der Waals surface area contributed by atoms with Gasteiger partial charge in [-0.05, 0) is 64.9 Å². The van der Waals surface area contributed by atoms with Gasteiger partial charge >= 0.3 is 0 Å². The topological polar surface area (TPSA) is 36.9 Å². The molecule has 0 saturated heterocycles. The lowest BCUT2D eigenvalue weighted by atomic mass is 9.95. The van der Waals surface area contributed by atoms with Crippen molar-refractivity contribution in [2.24, 2.45) is 0 Å². The van der Waals surface area contributed by atoms with Crippen molar-refractivity contribution in [2.75, 3.05) is 40.6 Å². The highest BCUT2D eigenvalue weighted by atomic mass is 16.5. The van der Waals surface area contributed by atoms with Gasteiger partial charge in [0.1, 0.15) is 11.5 Å². The van der Waals surface area contributed by atoms with E-state index in [1.807, 2.05) is 6.07 Å². The fourth-order valence-corrected chi connectivity index (χ4v) is 3.98. The Hall–Kier alpha value is -2.56. The van der Waals surface area contributed by atoms with Crippen LogP contribution in [0.5, 0.6) is 11.5 Å². The van der Waals surface area contributed by atoms with Crippen LogP contribution in [0, 0.1) is 0 Å². The molecule has 0 aliphatic heterocycles. The molecule has 0 atom stereocenters. The summed E-state index contributed by atoms with van der Waals surface area (Å²) in [6.07, 6.45) is 8.95. The van der Waals surface area contributed by atoms with Gasteiger partial charge in [0, 0.05) is 27.1 Å². The maximum atomic E-state index is 6.07. The van der Waals surface area contributed by atoms with E-state index in [0.29, 0.717) is 26.4 Å². The second-order valence-electron chi connectivity index (χ2n) is 9.07. The van der Waals surface area contributed by atoms with Crippen molar-refractivity contribution in [2.45, 2.75) is 58.3 Å². The Kier molecular flexibility index (Phi) is 13.9. The summed E-state index contributed by atoms with van der Waals surface area (Å²) in [6.45, 7) is 12.6. The molecule has 2 rings (SSSR count). The Bertz CT molecular complexity index is 903.